The molecule has 36 heavy (non-hydrogen) atoms. The number of amidine groups is 1. The molecule has 2 aromatic carbocycles. The summed E-state index contributed by atoms with van der Waals surface area (Å²) in [6, 6.07) is 20.8. The Labute approximate surface area is 215 Å². The molecule has 1 aliphatic heterocycles. The van der Waals surface area contributed by atoms with Crippen LogP contribution in [0.1, 0.15) is 55.1 Å². The molecule has 2 aliphatic rings. The number of esters is 1. The van der Waals surface area contributed by atoms with Crippen LogP contribution in [0, 0.1) is 0 Å². The van der Waals surface area contributed by atoms with Crippen molar-refractivity contribution in [3.8, 4) is 11.3 Å². The first-order valence-electron chi connectivity index (χ1n) is 12.4. The van der Waals surface area contributed by atoms with E-state index < -0.39 is 0 Å². The number of aliphatic imine (C=N–C) groups is 1. The largest absolute Gasteiger partial charge is 0.462 e. The molecule has 0 bridgehead atoms. The van der Waals surface area contributed by atoms with Crippen molar-refractivity contribution >= 4 is 40.6 Å². The highest BCUT2D eigenvalue weighted by atomic mass is 32.2. The van der Waals surface area contributed by atoms with Crippen molar-refractivity contribution in [3.63, 3.8) is 0 Å². The molecule has 0 radical (unpaired) electrons. The summed E-state index contributed by atoms with van der Waals surface area (Å²) in [6.45, 7) is 2.12. The SMILES string of the molecule is CCOC(=O)c1ccc(-c2ccc(C=C3SC(=Nc4ccccc4)N(C4CCCCC4)C3=O)o2)cc1. The molecule has 5 rings (SSSR count). The summed E-state index contributed by atoms with van der Waals surface area (Å²) < 4.78 is 11.1. The van der Waals surface area contributed by atoms with E-state index in [2.05, 4.69) is 0 Å². The molecule has 6 nitrogen and oxygen atoms in total. The van der Waals surface area contributed by atoms with Gasteiger partial charge in [0.2, 0.25) is 0 Å². The molecular formula is C29H28N2O4S. The zero-order chi connectivity index (χ0) is 24.9. The minimum atomic E-state index is -0.346. The molecule has 1 aliphatic carbocycles. The van der Waals surface area contributed by atoms with E-state index in [1.165, 1.54) is 18.2 Å². The number of furan rings is 1. The lowest BCUT2D eigenvalue weighted by molar-refractivity contribution is -0.124. The van der Waals surface area contributed by atoms with Crippen LogP contribution in [0.5, 0.6) is 0 Å². The standard InChI is InChI=1S/C29H28N2O4S/c1-2-34-28(33)21-15-13-20(14-16-21)25-18-17-24(35-25)19-26-27(32)31(23-11-7-4-8-12-23)29(36-26)30-22-9-5-3-6-10-22/h3,5-6,9-10,13-19,23H,2,4,7-8,11-12H2,1H3. The normalized spacial score (nSPS) is 18.8. The second-order valence-corrected chi connectivity index (χ2v) is 9.82. The topological polar surface area (TPSA) is 72.1 Å². The smallest absolute Gasteiger partial charge is 0.338 e. The Balaban J connectivity index is 1.39. The number of amides is 1. The van der Waals surface area contributed by atoms with Gasteiger partial charge in [0, 0.05) is 17.7 Å². The summed E-state index contributed by atoms with van der Waals surface area (Å²) in [6.07, 6.45) is 7.28. The number of carbonyl (C=O) groups excluding carboxylic acids is 2. The molecule has 184 valence electrons. The van der Waals surface area contributed by atoms with Gasteiger partial charge in [0.1, 0.15) is 11.5 Å². The number of nitrogens with zero attached hydrogens (tertiary/aromatic N) is 2. The highest BCUT2D eigenvalue weighted by molar-refractivity contribution is 8.18. The number of benzene rings is 2. The first-order chi connectivity index (χ1) is 17.6. The fraction of sp³-hybridized carbons (Fsp3) is 0.276. The van der Waals surface area contributed by atoms with Gasteiger partial charge >= 0.3 is 5.97 Å². The predicted octanol–water partition coefficient (Wildman–Crippen LogP) is 7.06. The maximum atomic E-state index is 13.5. The molecular weight excluding hydrogens is 472 g/mol. The Hall–Kier alpha value is -3.58. The molecule has 3 aromatic rings. The molecule has 7 heteroatoms. The molecule has 1 saturated heterocycles. The number of hydrogen-bond donors (Lipinski definition) is 0. The van der Waals surface area contributed by atoms with Crippen molar-refractivity contribution in [1.29, 1.82) is 0 Å². The van der Waals surface area contributed by atoms with E-state index in [4.69, 9.17) is 14.1 Å². The highest BCUT2D eigenvalue weighted by Gasteiger charge is 2.38. The molecule has 2 heterocycles. The van der Waals surface area contributed by atoms with E-state index >= 15 is 0 Å². The summed E-state index contributed by atoms with van der Waals surface area (Å²) in [7, 11) is 0. The Bertz CT molecular complexity index is 1290. The summed E-state index contributed by atoms with van der Waals surface area (Å²) in [4.78, 5) is 32.7. The fourth-order valence-corrected chi connectivity index (χ4v) is 5.58. The quantitative estimate of drug-likeness (QED) is 0.268. The number of hydrogen-bond acceptors (Lipinski definition) is 6. The van der Waals surface area contributed by atoms with Crippen molar-refractivity contribution < 1.29 is 18.7 Å². The molecule has 0 atom stereocenters. The summed E-state index contributed by atoms with van der Waals surface area (Å²) in [5, 5.41) is 0.727. The van der Waals surface area contributed by atoms with Gasteiger partial charge in [-0.25, -0.2) is 9.79 Å². The van der Waals surface area contributed by atoms with E-state index in [-0.39, 0.29) is 17.9 Å². The zero-order valence-corrected chi connectivity index (χ0v) is 21.0. The maximum Gasteiger partial charge on any atom is 0.338 e. The average Bonchev–Trinajstić information content (AvgIpc) is 3.50. The van der Waals surface area contributed by atoms with Crippen LogP contribution in [0.15, 0.2) is 81.0 Å². The van der Waals surface area contributed by atoms with Crippen LogP contribution in [0.2, 0.25) is 0 Å². The third-order valence-electron chi connectivity index (χ3n) is 6.34. The van der Waals surface area contributed by atoms with E-state index in [0.717, 1.165) is 42.1 Å². The van der Waals surface area contributed by atoms with E-state index in [0.29, 0.717) is 28.6 Å². The Kier molecular flexibility index (Phi) is 7.37. The molecule has 0 N–H and O–H groups in total. The average molecular weight is 501 g/mol. The van der Waals surface area contributed by atoms with Crippen molar-refractivity contribution in [2.45, 2.75) is 45.1 Å². The monoisotopic (exact) mass is 500 g/mol. The number of thioether (sulfide) groups is 1. The molecule has 2 fully saturated rings. The number of ether oxygens (including phenoxy) is 1. The van der Waals surface area contributed by atoms with Crippen LogP contribution in [0.25, 0.3) is 17.4 Å². The van der Waals surface area contributed by atoms with Gasteiger partial charge in [-0.15, -0.1) is 0 Å². The minimum Gasteiger partial charge on any atom is -0.462 e. The fourth-order valence-electron chi connectivity index (χ4n) is 4.54. The Morgan fingerprint density at radius 2 is 1.81 bits per heavy atom. The lowest BCUT2D eigenvalue weighted by Gasteiger charge is -2.30. The summed E-state index contributed by atoms with van der Waals surface area (Å²) >= 11 is 1.40. The minimum absolute atomic E-state index is 0.0154. The van der Waals surface area contributed by atoms with Crippen LogP contribution in [-0.2, 0) is 9.53 Å². The first kappa shape index (κ1) is 24.1. The van der Waals surface area contributed by atoms with Crippen LogP contribution >= 0.6 is 11.8 Å². The van der Waals surface area contributed by atoms with Gasteiger partial charge in [0.25, 0.3) is 5.91 Å². The van der Waals surface area contributed by atoms with E-state index in [1.807, 2.05) is 59.5 Å². The van der Waals surface area contributed by atoms with E-state index in [9.17, 15) is 9.59 Å². The second-order valence-electron chi connectivity index (χ2n) is 8.81. The summed E-state index contributed by atoms with van der Waals surface area (Å²) in [5.74, 6) is 0.898. The van der Waals surface area contributed by atoms with E-state index in [1.54, 1.807) is 25.1 Å². The van der Waals surface area contributed by atoms with Gasteiger partial charge in [-0.05, 0) is 67.9 Å². The predicted molar refractivity (Wildman–Crippen MR) is 143 cm³/mol. The van der Waals surface area contributed by atoms with Crippen LogP contribution in [0.4, 0.5) is 5.69 Å². The first-order valence-corrected chi connectivity index (χ1v) is 13.2. The van der Waals surface area contributed by atoms with Crippen molar-refractivity contribution in [2.75, 3.05) is 6.61 Å². The van der Waals surface area contributed by atoms with Gasteiger partial charge in [0.15, 0.2) is 5.17 Å². The molecule has 1 saturated carbocycles. The lowest BCUT2D eigenvalue weighted by Crippen LogP contribution is -2.40. The summed E-state index contributed by atoms with van der Waals surface area (Å²) in [5.41, 5.74) is 2.17. The van der Waals surface area contributed by atoms with Crippen LogP contribution < -0.4 is 0 Å². The van der Waals surface area contributed by atoms with Crippen LogP contribution in [0.3, 0.4) is 0 Å². The lowest BCUT2D eigenvalue weighted by atomic mass is 9.94. The third kappa shape index (κ3) is 5.31. The maximum absolute atomic E-state index is 13.5. The number of para-hydroxylation sites is 1. The zero-order valence-electron chi connectivity index (χ0n) is 20.2. The van der Waals surface area contributed by atoms with Gasteiger partial charge < -0.3 is 9.15 Å². The Morgan fingerprint density at radius 3 is 2.53 bits per heavy atom. The Morgan fingerprint density at radius 1 is 1.06 bits per heavy atom. The van der Waals surface area contributed by atoms with Gasteiger partial charge in [-0.1, -0.05) is 49.6 Å². The number of carbonyl (C=O) groups is 2. The van der Waals surface area contributed by atoms with Crippen LogP contribution in [-0.4, -0.2) is 34.6 Å². The van der Waals surface area contributed by atoms with Gasteiger partial charge in [-0.3, -0.25) is 9.69 Å². The van der Waals surface area contributed by atoms with Gasteiger partial charge in [-0.2, -0.15) is 0 Å². The van der Waals surface area contributed by atoms with Crippen molar-refractivity contribution in [3.05, 3.63) is 83.0 Å². The number of rotatable bonds is 6. The molecule has 0 spiro atoms. The molecule has 0 unspecified atom stereocenters. The molecule has 1 aromatic heterocycles. The highest BCUT2D eigenvalue weighted by Crippen LogP contribution is 2.39. The second kappa shape index (κ2) is 11.0. The van der Waals surface area contributed by atoms with Crippen molar-refractivity contribution in [2.24, 2.45) is 4.99 Å². The third-order valence-corrected chi connectivity index (χ3v) is 7.32. The molecule has 1 amide bonds. The van der Waals surface area contributed by atoms with Crippen molar-refractivity contribution in [1.82, 2.24) is 4.90 Å². The van der Waals surface area contributed by atoms with Gasteiger partial charge in [0.05, 0.1) is 22.8 Å².